The maximum absolute atomic E-state index is 11.4. The van der Waals surface area contributed by atoms with E-state index in [1.54, 1.807) is 6.07 Å². The molecule has 0 aliphatic rings. The molecule has 0 saturated heterocycles. The summed E-state index contributed by atoms with van der Waals surface area (Å²) in [5.41, 5.74) is -0.206. The number of aromatic carboxylic acids is 1. The summed E-state index contributed by atoms with van der Waals surface area (Å²) in [6.45, 7) is 0. The molecule has 0 aliphatic carbocycles. The quantitative estimate of drug-likeness (QED) is 0.830. The van der Waals surface area contributed by atoms with Crippen LogP contribution < -0.4 is 5.56 Å². The van der Waals surface area contributed by atoms with Crippen molar-refractivity contribution in [3.63, 3.8) is 0 Å². The summed E-state index contributed by atoms with van der Waals surface area (Å²) in [7, 11) is 0. The van der Waals surface area contributed by atoms with Crippen LogP contribution in [0, 0.1) is 0 Å². The number of H-pyrrole nitrogens is 1. The third-order valence-corrected chi connectivity index (χ3v) is 2.74. The molecular weight excluding hydrogens is 262 g/mol. The molecule has 15 heavy (non-hydrogen) atoms. The third-order valence-electron chi connectivity index (χ3n) is 2.09. The topological polar surface area (TPSA) is 70.2 Å². The number of carboxylic acid groups (broad SMARTS) is 1. The predicted octanol–water partition coefficient (Wildman–Crippen LogP) is 1.99. The number of aromatic nitrogens is 1. The van der Waals surface area contributed by atoms with E-state index >= 15 is 0 Å². The minimum Gasteiger partial charge on any atom is -0.478 e. The lowest BCUT2D eigenvalue weighted by Crippen LogP contribution is -2.06. The highest BCUT2D eigenvalue weighted by molar-refractivity contribution is 9.10. The molecule has 4 nitrogen and oxygen atoms in total. The fourth-order valence-electron chi connectivity index (χ4n) is 1.38. The second kappa shape index (κ2) is 3.51. The Hall–Kier alpha value is -1.62. The summed E-state index contributed by atoms with van der Waals surface area (Å²) in [6.07, 6.45) is 1.52. The van der Waals surface area contributed by atoms with Crippen molar-refractivity contribution in [1.29, 1.82) is 0 Å². The first-order chi connectivity index (χ1) is 7.09. The van der Waals surface area contributed by atoms with Crippen molar-refractivity contribution in [2.75, 3.05) is 0 Å². The molecule has 0 unspecified atom stereocenters. The lowest BCUT2D eigenvalue weighted by Gasteiger charge is -2.01. The molecule has 1 heterocycles. The van der Waals surface area contributed by atoms with E-state index in [1.807, 2.05) is 0 Å². The van der Waals surface area contributed by atoms with Crippen LogP contribution in [0.5, 0.6) is 0 Å². The summed E-state index contributed by atoms with van der Waals surface area (Å²) in [5, 5.41) is 9.89. The molecule has 1 aromatic carbocycles. The molecule has 0 atom stereocenters. The lowest BCUT2D eigenvalue weighted by molar-refractivity contribution is 0.0697. The second-order valence-electron chi connectivity index (χ2n) is 3.03. The zero-order valence-corrected chi connectivity index (χ0v) is 9.04. The molecule has 76 valence electrons. The third kappa shape index (κ3) is 1.66. The van der Waals surface area contributed by atoms with Crippen LogP contribution in [0.4, 0.5) is 0 Å². The smallest absolute Gasteiger partial charge is 0.335 e. The van der Waals surface area contributed by atoms with E-state index in [0.29, 0.717) is 15.2 Å². The number of carbonyl (C=O) groups is 1. The van der Waals surface area contributed by atoms with Gasteiger partial charge in [-0.1, -0.05) is 15.9 Å². The second-order valence-corrected chi connectivity index (χ2v) is 3.89. The van der Waals surface area contributed by atoms with Crippen LogP contribution in [0.15, 0.2) is 33.7 Å². The van der Waals surface area contributed by atoms with Gasteiger partial charge < -0.3 is 10.1 Å². The van der Waals surface area contributed by atoms with Crippen LogP contribution in [-0.2, 0) is 0 Å². The molecular formula is C10H6BrNO3. The Kier molecular flexibility index (Phi) is 2.32. The normalized spacial score (nSPS) is 10.5. The highest BCUT2D eigenvalue weighted by Crippen LogP contribution is 2.23. The van der Waals surface area contributed by atoms with Crippen LogP contribution in [0.3, 0.4) is 0 Å². The summed E-state index contributed by atoms with van der Waals surface area (Å²) in [4.78, 5) is 24.7. The van der Waals surface area contributed by atoms with Crippen molar-refractivity contribution < 1.29 is 9.90 Å². The van der Waals surface area contributed by atoms with Crippen molar-refractivity contribution >= 4 is 32.7 Å². The largest absolute Gasteiger partial charge is 0.478 e. The van der Waals surface area contributed by atoms with Crippen molar-refractivity contribution in [3.8, 4) is 0 Å². The molecule has 0 aliphatic heterocycles. The van der Waals surface area contributed by atoms with Gasteiger partial charge in [-0.3, -0.25) is 4.79 Å². The number of hydrogen-bond donors (Lipinski definition) is 2. The van der Waals surface area contributed by atoms with Gasteiger partial charge in [0.1, 0.15) is 0 Å². The molecule has 2 N–H and O–H groups in total. The highest BCUT2D eigenvalue weighted by Gasteiger charge is 2.09. The number of fused-ring (bicyclic) bond motifs is 1. The van der Waals surface area contributed by atoms with Crippen molar-refractivity contribution in [1.82, 2.24) is 4.98 Å². The molecule has 0 amide bonds. The number of rotatable bonds is 1. The molecule has 5 heteroatoms. The zero-order valence-electron chi connectivity index (χ0n) is 7.45. The first-order valence-corrected chi connectivity index (χ1v) is 4.93. The van der Waals surface area contributed by atoms with E-state index in [9.17, 15) is 9.59 Å². The zero-order chi connectivity index (χ0) is 11.0. The Balaban J connectivity index is 2.92. The number of nitrogens with one attached hydrogen (secondary N) is 1. The monoisotopic (exact) mass is 267 g/mol. The average molecular weight is 268 g/mol. The average Bonchev–Trinajstić information content (AvgIpc) is 2.19. The van der Waals surface area contributed by atoms with E-state index in [-0.39, 0.29) is 11.1 Å². The molecule has 0 spiro atoms. The van der Waals surface area contributed by atoms with Gasteiger partial charge in [0.2, 0.25) is 0 Å². The standard InChI is InChI=1S/C10H6BrNO3/c11-8-4-5(10(14)15)3-7-6(8)1-2-12-9(7)13/h1-4H,(H,12,13)(H,14,15). The number of halogens is 1. The number of pyridine rings is 1. The van der Waals surface area contributed by atoms with Gasteiger partial charge in [0, 0.05) is 21.4 Å². The molecule has 2 aromatic rings. The number of aromatic amines is 1. The number of hydrogen-bond acceptors (Lipinski definition) is 2. The molecule has 0 saturated carbocycles. The van der Waals surface area contributed by atoms with E-state index in [4.69, 9.17) is 5.11 Å². The van der Waals surface area contributed by atoms with Gasteiger partial charge in [-0.05, 0) is 18.2 Å². The minimum absolute atomic E-state index is 0.0890. The fourth-order valence-corrected chi connectivity index (χ4v) is 1.97. The van der Waals surface area contributed by atoms with Crippen molar-refractivity contribution in [2.45, 2.75) is 0 Å². The Morgan fingerprint density at radius 1 is 1.33 bits per heavy atom. The SMILES string of the molecule is O=C(O)c1cc(Br)c2cc[nH]c(=O)c2c1. The van der Waals surface area contributed by atoms with Gasteiger partial charge in [-0.15, -0.1) is 0 Å². The van der Waals surface area contributed by atoms with Crippen LogP contribution >= 0.6 is 15.9 Å². The maximum Gasteiger partial charge on any atom is 0.335 e. The summed E-state index contributed by atoms with van der Waals surface area (Å²) in [5.74, 6) is -1.05. The fraction of sp³-hybridized carbons (Fsp3) is 0. The van der Waals surface area contributed by atoms with Gasteiger partial charge >= 0.3 is 5.97 Å². The molecule has 2 rings (SSSR count). The van der Waals surface area contributed by atoms with E-state index in [0.717, 1.165) is 0 Å². The van der Waals surface area contributed by atoms with E-state index in [1.165, 1.54) is 18.3 Å². The predicted molar refractivity (Wildman–Crippen MR) is 59.2 cm³/mol. The van der Waals surface area contributed by atoms with Crippen LogP contribution in [-0.4, -0.2) is 16.1 Å². The Morgan fingerprint density at radius 3 is 2.73 bits per heavy atom. The lowest BCUT2D eigenvalue weighted by atomic mass is 10.1. The molecule has 1 aromatic heterocycles. The van der Waals surface area contributed by atoms with Crippen LogP contribution in [0.1, 0.15) is 10.4 Å². The van der Waals surface area contributed by atoms with Gasteiger partial charge in [-0.25, -0.2) is 4.79 Å². The number of carboxylic acids is 1. The van der Waals surface area contributed by atoms with Crippen molar-refractivity contribution in [2.24, 2.45) is 0 Å². The van der Waals surface area contributed by atoms with Crippen molar-refractivity contribution in [3.05, 3.63) is 44.8 Å². The Morgan fingerprint density at radius 2 is 2.07 bits per heavy atom. The molecule has 0 fully saturated rings. The van der Waals surface area contributed by atoms with Gasteiger partial charge in [0.25, 0.3) is 5.56 Å². The Bertz CT molecular complexity index is 603. The van der Waals surface area contributed by atoms with Gasteiger partial charge in [0.15, 0.2) is 0 Å². The van der Waals surface area contributed by atoms with E-state index < -0.39 is 5.97 Å². The highest BCUT2D eigenvalue weighted by atomic mass is 79.9. The first kappa shape index (κ1) is 9.92. The van der Waals surface area contributed by atoms with E-state index in [2.05, 4.69) is 20.9 Å². The minimum atomic E-state index is -1.05. The Labute approximate surface area is 92.7 Å². The summed E-state index contributed by atoms with van der Waals surface area (Å²) < 4.78 is 0.600. The maximum atomic E-state index is 11.4. The summed E-state index contributed by atoms with van der Waals surface area (Å²) in [6, 6.07) is 4.55. The molecule has 0 bridgehead atoms. The number of benzene rings is 1. The first-order valence-electron chi connectivity index (χ1n) is 4.14. The molecule has 0 radical (unpaired) electrons. The summed E-state index contributed by atoms with van der Waals surface area (Å²) >= 11 is 3.23. The van der Waals surface area contributed by atoms with Gasteiger partial charge in [-0.2, -0.15) is 0 Å². The van der Waals surface area contributed by atoms with Crippen LogP contribution in [0.25, 0.3) is 10.8 Å². The van der Waals surface area contributed by atoms with Crippen LogP contribution in [0.2, 0.25) is 0 Å². The van der Waals surface area contributed by atoms with Gasteiger partial charge in [0.05, 0.1) is 5.56 Å².